The van der Waals surface area contributed by atoms with Crippen molar-refractivity contribution in [3.63, 3.8) is 0 Å². The zero-order valence-electron chi connectivity index (χ0n) is 16.8. The summed E-state index contributed by atoms with van der Waals surface area (Å²) >= 11 is 0. The van der Waals surface area contributed by atoms with Gasteiger partial charge in [-0.3, -0.25) is 14.8 Å². The number of nitrogen functional groups attached to an aromatic ring is 1. The maximum atomic E-state index is 10.8. The number of carbonyl (C=O) groups is 1. The zero-order chi connectivity index (χ0) is 21.8. The lowest BCUT2D eigenvalue weighted by molar-refractivity contribution is -0.136. The van der Waals surface area contributed by atoms with Crippen molar-refractivity contribution in [3.8, 4) is 28.3 Å². The summed E-state index contributed by atoms with van der Waals surface area (Å²) in [4.78, 5) is 15.7. The second-order valence-corrected chi connectivity index (χ2v) is 7.24. The van der Waals surface area contributed by atoms with Gasteiger partial charge in [-0.05, 0) is 36.2 Å². The molecule has 0 aliphatic heterocycles. The van der Waals surface area contributed by atoms with Gasteiger partial charge in [0.05, 0.1) is 5.69 Å². The fourth-order valence-corrected chi connectivity index (χ4v) is 3.40. The van der Waals surface area contributed by atoms with Crippen LogP contribution >= 0.6 is 0 Å². The number of carboxylic acid groups (broad SMARTS) is 1. The Kier molecular flexibility index (Phi) is 5.62. The first-order chi connectivity index (χ1) is 15.0. The van der Waals surface area contributed by atoms with Crippen LogP contribution in [-0.2, 0) is 11.2 Å². The topological polar surface area (TPSA) is 105 Å². The van der Waals surface area contributed by atoms with Crippen LogP contribution in [-0.4, -0.2) is 26.5 Å². The van der Waals surface area contributed by atoms with E-state index in [0.29, 0.717) is 12.0 Å². The number of imidazole rings is 1. The molecule has 0 bridgehead atoms. The Labute approximate surface area is 180 Å². The molecule has 1 heterocycles. The molecule has 0 unspecified atom stereocenters. The predicted octanol–water partition coefficient (Wildman–Crippen LogP) is 4.51. The summed E-state index contributed by atoms with van der Waals surface area (Å²) in [6.45, 7) is 0. The highest BCUT2D eigenvalue weighted by atomic mass is 16.4. The summed E-state index contributed by atoms with van der Waals surface area (Å²) in [6, 6.07) is 25.3. The molecule has 6 nitrogen and oxygen atoms in total. The number of hydrogen-bond donors (Lipinski definition) is 3. The molecule has 0 aliphatic carbocycles. The smallest absolute Gasteiger partial charge is 0.303 e. The average molecular weight is 410 g/mol. The molecule has 0 saturated carbocycles. The van der Waals surface area contributed by atoms with Gasteiger partial charge in [-0.1, -0.05) is 54.6 Å². The largest absolute Gasteiger partial charge is 0.481 e. The van der Waals surface area contributed by atoms with E-state index in [4.69, 9.17) is 21.2 Å². The molecule has 0 saturated heterocycles. The molecular formula is C25H22N4O2. The Hall–Kier alpha value is -4.19. The van der Waals surface area contributed by atoms with Crippen LogP contribution in [0.15, 0.2) is 85.1 Å². The van der Waals surface area contributed by atoms with E-state index in [1.807, 2.05) is 89.6 Å². The van der Waals surface area contributed by atoms with Crippen molar-refractivity contribution in [1.82, 2.24) is 9.55 Å². The number of nitrogens with one attached hydrogen (secondary N) is 1. The molecule has 0 radical (unpaired) electrons. The molecule has 3 aromatic carbocycles. The minimum atomic E-state index is -0.800. The van der Waals surface area contributed by atoms with Crippen LogP contribution in [0.1, 0.15) is 17.5 Å². The van der Waals surface area contributed by atoms with Crippen molar-refractivity contribution in [1.29, 1.82) is 5.41 Å². The second kappa shape index (κ2) is 8.67. The number of aromatic nitrogens is 2. The highest BCUT2D eigenvalue weighted by molar-refractivity contribution is 5.95. The van der Waals surface area contributed by atoms with Crippen LogP contribution in [0.3, 0.4) is 0 Å². The molecule has 6 heteroatoms. The Balaban J connectivity index is 1.73. The van der Waals surface area contributed by atoms with Crippen LogP contribution in [0, 0.1) is 5.41 Å². The lowest BCUT2D eigenvalue weighted by Gasteiger charge is -2.08. The number of aryl methyl sites for hydroxylation is 1. The van der Waals surface area contributed by atoms with Crippen LogP contribution in [0.4, 0.5) is 0 Å². The SMILES string of the molecule is N=C(N)c1ccc(-n2cc(-c3ccc(CCC(=O)O)cc3)nc2-c2ccccc2)cc1. The van der Waals surface area contributed by atoms with E-state index < -0.39 is 5.97 Å². The molecule has 4 N–H and O–H groups in total. The summed E-state index contributed by atoms with van der Waals surface area (Å²) < 4.78 is 2.02. The Morgan fingerprint density at radius 3 is 2.23 bits per heavy atom. The molecule has 0 amide bonds. The molecular weight excluding hydrogens is 388 g/mol. The summed E-state index contributed by atoms with van der Waals surface area (Å²) in [5.74, 6) is 0.0383. The molecule has 0 atom stereocenters. The first kappa shape index (κ1) is 20.1. The van der Waals surface area contributed by atoms with Gasteiger partial charge < -0.3 is 10.8 Å². The lowest BCUT2D eigenvalue weighted by atomic mass is 10.1. The fourth-order valence-electron chi connectivity index (χ4n) is 3.40. The van der Waals surface area contributed by atoms with Gasteiger partial charge in [-0.15, -0.1) is 0 Å². The van der Waals surface area contributed by atoms with Crippen molar-refractivity contribution in [2.75, 3.05) is 0 Å². The lowest BCUT2D eigenvalue weighted by Crippen LogP contribution is -2.10. The minimum absolute atomic E-state index is 0.0316. The maximum Gasteiger partial charge on any atom is 0.303 e. The van der Waals surface area contributed by atoms with E-state index in [-0.39, 0.29) is 12.3 Å². The number of hydrogen-bond acceptors (Lipinski definition) is 3. The standard InChI is InChI=1S/C25H22N4O2/c26-24(27)19-11-13-21(14-12-19)29-16-22(28-25(29)20-4-2-1-3-5-20)18-9-6-17(7-10-18)8-15-23(30)31/h1-7,9-14,16H,8,15H2,(H3,26,27)(H,30,31). The van der Waals surface area contributed by atoms with Crippen LogP contribution in [0.5, 0.6) is 0 Å². The zero-order valence-corrected chi connectivity index (χ0v) is 16.8. The van der Waals surface area contributed by atoms with E-state index in [0.717, 1.165) is 33.9 Å². The first-order valence-electron chi connectivity index (χ1n) is 9.92. The molecule has 0 fully saturated rings. The number of amidine groups is 1. The molecule has 1 aromatic heterocycles. The summed E-state index contributed by atoms with van der Waals surface area (Å²) in [5.41, 5.74) is 10.9. The van der Waals surface area contributed by atoms with Gasteiger partial charge >= 0.3 is 5.97 Å². The maximum absolute atomic E-state index is 10.8. The van der Waals surface area contributed by atoms with Gasteiger partial charge in [-0.2, -0.15) is 0 Å². The molecule has 4 aromatic rings. The highest BCUT2D eigenvalue weighted by Crippen LogP contribution is 2.28. The van der Waals surface area contributed by atoms with Crippen molar-refractivity contribution < 1.29 is 9.90 Å². The van der Waals surface area contributed by atoms with Crippen LogP contribution in [0.25, 0.3) is 28.3 Å². The van der Waals surface area contributed by atoms with Gasteiger partial charge in [0.15, 0.2) is 0 Å². The Morgan fingerprint density at radius 1 is 0.935 bits per heavy atom. The highest BCUT2D eigenvalue weighted by Gasteiger charge is 2.13. The predicted molar refractivity (Wildman–Crippen MR) is 121 cm³/mol. The number of nitrogens with zero attached hydrogens (tertiary/aromatic N) is 2. The number of rotatable bonds is 7. The van der Waals surface area contributed by atoms with E-state index >= 15 is 0 Å². The number of aliphatic carboxylic acids is 1. The third-order valence-electron chi connectivity index (χ3n) is 5.07. The van der Waals surface area contributed by atoms with Crippen molar-refractivity contribution in [2.24, 2.45) is 5.73 Å². The summed E-state index contributed by atoms with van der Waals surface area (Å²) in [6.07, 6.45) is 2.60. The third kappa shape index (κ3) is 4.53. The van der Waals surface area contributed by atoms with Crippen LogP contribution in [0.2, 0.25) is 0 Å². The molecule has 154 valence electrons. The van der Waals surface area contributed by atoms with E-state index in [1.54, 1.807) is 0 Å². The third-order valence-corrected chi connectivity index (χ3v) is 5.07. The van der Waals surface area contributed by atoms with E-state index in [2.05, 4.69) is 0 Å². The summed E-state index contributed by atoms with van der Waals surface area (Å²) in [7, 11) is 0. The van der Waals surface area contributed by atoms with Crippen molar-refractivity contribution in [3.05, 3.63) is 96.2 Å². The molecule has 0 spiro atoms. The monoisotopic (exact) mass is 410 g/mol. The molecule has 0 aliphatic rings. The van der Waals surface area contributed by atoms with Gasteiger partial charge in [-0.25, -0.2) is 4.98 Å². The minimum Gasteiger partial charge on any atom is -0.481 e. The van der Waals surface area contributed by atoms with Gasteiger partial charge in [0, 0.05) is 35.0 Å². The fraction of sp³-hybridized carbons (Fsp3) is 0.0800. The van der Waals surface area contributed by atoms with Gasteiger partial charge in [0.1, 0.15) is 11.7 Å². The first-order valence-corrected chi connectivity index (χ1v) is 9.92. The molecule has 31 heavy (non-hydrogen) atoms. The van der Waals surface area contributed by atoms with Crippen LogP contribution < -0.4 is 5.73 Å². The van der Waals surface area contributed by atoms with E-state index in [1.165, 1.54) is 0 Å². The molecule has 4 rings (SSSR count). The van der Waals surface area contributed by atoms with Crippen molar-refractivity contribution in [2.45, 2.75) is 12.8 Å². The summed E-state index contributed by atoms with van der Waals surface area (Å²) in [5, 5.41) is 16.5. The number of carboxylic acids is 1. The average Bonchev–Trinajstić information content (AvgIpc) is 3.24. The van der Waals surface area contributed by atoms with E-state index in [9.17, 15) is 4.79 Å². The van der Waals surface area contributed by atoms with Gasteiger partial charge in [0.25, 0.3) is 0 Å². The second-order valence-electron chi connectivity index (χ2n) is 7.24. The van der Waals surface area contributed by atoms with Crippen molar-refractivity contribution >= 4 is 11.8 Å². The Bertz CT molecular complexity index is 1210. The quantitative estimate of drug-likeness (QED) is 0.308. The number of nitrogens with two attached hydrogens (primary N) is 1. The normalized spacial score (nSPS) is 10.7. The number of benzene rings is 3. The van der Waals surface area contributed by atoms with Gasteiger partial charge in [0.2, 0.25) is 0 Å². The Morgan fingerprint density at radius 2 is 1.61 bits per heavy atom.